The van der Waals surface area contributed by atoms with Gasteiger partial charge in [0.25, 0.3) is 0 Å². The lowest BCUT2D eigenvalue weighted by Gasteiger charge is -2.35. The third-order valence-electron chi connectivity index (χ3n) is 4.57. The Balaban J connectivity index is 1.79. The minimum Gasteiger partial charge on any atom is -0.323 e. The van der Waals surface area contributed by atoms with E-state index in [1.807, 2.05) is 32.9 Å². The first-order valence-corrected chi connectivity index (χ1v) is 8.56. The van der Waals surface area contributed by atoms with Crippen LogP contribution in [0.5, 0.6) is 0 Å². The first kappa shape index (κ1) is 16.6. The van der Waals surface area contributed by atoms with Crippen LogP contribution >= 0.6 is 0 Å². The van der Waals surface area contributed by atoms with Gasteiger partial charge in [0.05, 0.1) is 17.1 Å². The van der Waals surface area contributed by atoms with Gasteiger partial charge in [-0.25, -0.2) is 9.97 Å². The average Bonchev–Trinajstić information content (AvgIpc) is 2.50. The first-order chi connectivity index (χ1) is 11.5. The molecule has 6 nitrogen and oxygen atoms in total. The van der Waals surface area contributed by atoms with Gasteiger partial charge in [-0.1, -0.05) is 25.5 Å². The quantitative estimate of drug-likeness (QED) is 0.804. The van der Waals surface area contributed by atoms with Gasteiger partial charge in [0, 0.05) is 11.4 Å². The van der Waals surface area contributed by atoms with E-state index in [-0.39, 0.29) is 24.2 Å². The molecule has 1 aliphatic heterocycles. The Bertz CT molecular complexity index is 760. The normalized spacial score (nSPS) is 24.0. The Morgan fingerprint density at radius 3 is 2.75 bits per heavy atom. The highest BCUT2D eigenvalue weighted by Crippen LogP contribution is 2.20. The van der Waals surface area contributed by atoms with Crippen molar-refractivity contribution in [2.45, 2.75) is 52.9 Å². The second kappa shape index (κ2) is 6.73. The summed E-state index contributed by atoms with van der Waals surface area (Å²) in [5.41, 5.74) is 2.98. The van der Waals surface area contributed by atoms with Crippen molar-refractivity contribution in [2.24, 2.45) is 5.92 Å². The number of nitrogens with zero attached hydrogens (tertiary/aromatic N) is 2. The maximum atomic E-state index is 12.3. The third-order valence-corrected chi connectivity index (χ3v) is 4.57. The molecule has 1 aromatic heterocycles. The van der Waals surface area contributed by atoms with Gasteiger partial charge in [-0.05, 0) is 38.8 Å². The summed E-state index contributed by atoms with van der Waals surface area (Å²) in [7, 11) is 0. The molecule has 3 N–H and O–H groups in total. The summed E-state index contributed by atoms with van der Waals surface area (Å²) in [4.78, 5) is 21.4. The van der Waals surface area contributed by atoms with E-state index >= 15 is 0 Å². The predicted octanol–water partition coefficient (Wildman–Crippen LogP) is 2.47. The molecule has 1 fully saturated rings. The van der Waals surface area contributed by atoms with Gasteiger partial charge in [0.1, 0.15) is 0 Å². The molecule has 0 spiro atoms. The van der Waals surface area contributed by atoms with Gasteiger partial charge in [-0.15, -0.1) is 0 Å². The second-order valence-corrected chi connectivity index (χ2v) is 6.59. The van der Waals surface area contributed by atoms with Crippen LogP contribution in [-0.4, -0.2) is 28.2 Å². The zero-order valence-corrected chi connectivity index (χ0v) is 14.7. The predicted molar refractivity (Wildman–Crippen MR) is 95.6 cm³/mol. The summed E-state index contributed by atoms with van der Waals surface area (Å²) in [5.74, 6) is 0.605. The van der Waals surface area contributed by atoms with Crippen molar-refractivity contribution in [3.8, 4) is 0 Å². The largest absolute Gasteiger partial charge is 0.323 e. The molecule has 3 unspecified atom stereocenters. The number of amides is 1. The van der Waals surface area contributed by atoms with Crippen LogP contribution in [0.25, 0.3) is 10.9 Å². The monoisotopic (exact) mass is 327 g/mol. The van der Waals surface area contributed by atoms with Crippen LogP contribution in [0.1, 0.15) is 37.9 Å². The Hall–Kier alpha value is -2.21. The Morgan fingerprint density at radius 1 is 1.25 bits per heavy atom. The van der Waals surface area contributed by atoms with E-state index in [9.17, 15) is 4.79 Å². The average molecular weight is 327 g/mol. The topological polar surface area (TPSA) is 78.9 Å². The highest BCUT2D eigenvalue weighted by atomic mass is 16.2. The number of hydrogen-bond acceptors (Lipinski definition) is 5. The first-order valence-electron chi connectivity index (χ1n) is 8.56. The SMILES string of the molecule is CCCC1C(=O)NC(Nc2nc(C)c3ccc(C)cc3n2)NC1C. The van der Waals surface area contributed by atoms with E-state index in [0.29, 0.717) is 5.95 Å². The molecule has 1 aliphatic rings. The van der Waals surface area contributed by atoms with Crippen molar-refractivity contribution in [3.63, 3.8) is 0 Å². The number of carbonyl (C=O) groups excluding carboxylic acids is 1. The Kier molecular flexibility index (Phi) is 4.66. The van der Waals surface area contributed by atoms with Gasteiger partial charge < -0.3 is 10.6 Å². The van der Waals surface area contributed by atoms with Crippen LogP contribution in [0.3, 0.4) is 0 Å². The molecule has 0 aliphatic carbocycles. The standard InChI is InChI=1S/C18H25N5O/c1-5-6-14-12(4)20-18(22-16(14)24)23-17-19-11(3)13-8-7-10(2)9-15(13)21-17/h7-9,12,14,18,20H,5-6H2,1-4H3,(H,22,24)(H,19,21,23). The summed E-state index contributed by atoms with van der Waals surface area (Å²) in [6.07, 6.45) is 1.52. The fourth-order valence-electron chi connectivity index (χ4n) is 3.26. The van der Waals surface area contributed by atoms with Crippen molar-refractivity contribution in [3.05, 3.63) is 29.5 Å². The second-order valence-electron chi connectivity index (χ2n) is 6.59. The number of nitrogens with one attached hydrogen (secondary N) is 3. The van der Waals surface area contributed by atoms with Gasteiger partial charge in [0.15, 0.2) is 6.29 Å². The molecular formula is C18H25N5O. The highest BCUT2D eigenvalue weighted by molar-refractivity contribution is 5.83. The minimum atomic E-state index is -0.359. The molecule has 3 rings (SSSR count). The third kappa shape index (κ3) is 3.33. The molecule has 2 heterocycles. The maximum absolute atomic E-state index is 12.3. The number of anilines is 1. The van der Waals surface area contributed by atoms with Crippen LogP contribution in [0.15, 0.2) is 18.2 Å². The highest BCUT2D eigenvalue weighted by Gasteiger charge is 2.32. The van der Waals surface area contributed by atoms with Crippen molar-refractivity contribution < 1.29 is 4.79 Å². The van der Waals surface area contributed by atoms with Gasteiger partial charge in [-0.2, -0.15) is 0 Å². The lowest BCUT2D eigenvalue weighted by Crippen LogP contribution is -2.63. The number of aryl methyl sites for hydroxylation is 2. The van der Waals surface area contributed by atoms with E-state index in [4.69, 9.17) is 0 Å². The van der Waals surface area contributed by atoms with Crippen molar-refractivity contribution in [2.75, 3.05) is 5.32 Å². The van der Waals surface area contributed by atoms with E-state index < -0.39 is 0 Å². The van der Waals surface area contributed by atoms with E-state index in [1.54, 1.807) is 0 Å². The molecule has 0 bridgehead atoms. The molecule has 0 saturated carbocycles. The molecule has 128 valence electrons. The smallest absolute Gasteiger partial charge is 0.227 e. The summed E-state index contributed by atoms with van der Waals surface area (Å²) >= 11 is 0. The number of fused-ring (bicyclic) bond motifs is 1. The molecule has 1 saturated heterocycles. The summed E-state index contributed by atoms with van der Waals surface area (Å²) < 4.78 is 0. The van der Waals surface area contributed by atoms with E-state index in [1.165, 1.54) is 0 Å². The zero-order chi connectivity index (χ0) is 17.3. The van der Waals surface area contributed by atoms with Gasteiger partial charge in [-0.3, -0.25) is 10.1 Å². The van der Waals surface area contributed by atoms with Crippen molar-refractivity contribution in [1.82, 2.24) is 20.6 Å². The summed E-state index contributed by atoms with van der Waals surface area (Å²) in [6, 6.07) is 6.26. The van der Waals surface area contributed by atoms with Crippen LogP contribution < -0.4 is 16.0 Å². The maximum Gasteiger partial charge on any atom is 0.227 e. The molecule has 0 radical (unpaired) electrons. The van der Waals surface area contributed by atoms with Gasteiger partial charge >= 0.3 is 0 Å². The van der Waals surface area contributed by atoms with Crippen LogP contribution in [0.4, 0.5) is 5.95 Å². The molecule has 1 aromatic carbocycles. The fraction of sp³-hybridized carbons (Fsp3) is 0.500. The summed E-state index contributed by atoms with van der Waals surface area (Å²) in [5, 5.41) is 10.6. The number of hydrogen-bond donors (Lipinski definition) is 3. The van der Waals surface area contributed by atoms with E-state index in [2.05, 4.69) is 38.9 Å². The van der Waals surface area contributed by atoms with Crippen molar-refractivity contribution >= 4 is 22.8 Å². The number of carbonyl (C=O) groups is 1. The lowest BCUT2D eigenvalue weighted by atomic mass is 9.93. The zero-order valence-electron chi connectivity index (χ0n) is 14.7. The van der Waals surface area contributed by atoms with E-state index in [0.717, 1.165) is 35.0 Å². The number of rotatable bonds is 4. The van der Waals surface area contributed by atoms with Crippen LogP contribution in [0, 0.1) is 19.8 Å². The van der Waals surface area contributed by atoms with Gasteiger partial charge in [0.2, 0.25) is 11.9 Å². The molecule has 24 heavy (non-hydrogen) atoms. The summed E-state index contributed by atoms with van der Waals surface area (Å²) in [6.45, 7) is 8.15. The van der Waals surface area contributed by atoms with Crippen molar-refractivity contribution in [1.29, 1.82) is 0 Å². The molecule has 6 heteroatoms. The minimum absolute atomic E-state index is 0.00922. The Morgan fingerprint density at radius 2 is 2.04 bits per heavy atom. The number of aromatic nitrogens is 2. The molecule has 2 aromatic rings. The molecule has 3 atom stereocenters. The van der Waals surface area contributed by atoms with Crippen LogP contribution in [0.2, 0.25) is 0 Å². The van der Waals surface area contributed by atoms with Crippen LogP contribution in [-0.2, 0) is 4.79 Å². The number of benzene rings is 1. The Labute approximate surface area is 142 Å². The fourth-order valence-corrected chi connectivity index (χ4v) is 3.26. The molecule has 1 amide bonds. The lowest BCUT2D eigenvalue weighted by molar-refractivity contribution is -0.129. The molecular weight excluding hydrogens is 302 g/mol.